The SMILES string of the molecule is C=CCCC(=O)N(CC=C)Cc1ccc(OC)cc1. The van der Waals surface area contributed by atoms with Crippen molar-refractivity contribution in [2.75, 3.05) is 13.7 Å². The molecule has 19 heavy (non-hydrogen) atoms. The van der Waals surface area contributed by atoms with Crippen LogP contribution < -0.4 is 4.74 Å². The van der Waals surface area contributed by atoms with Gasteiger partial charge in [-0.25, -0.2) is 0 Å². The molecule has 0 atom stereocenters. The largest absolute Gasteiger partial charge is 0.497 e. The van der Waals surface area contributed by atoms with Crippen LogP contribution in [-0.4, -0.2) is 24.5 Å². The zero-order valence-corrected chi connectivity index (χ0v) is 11.5. The fraction of sp³-hybridized carbons (Fsp3) is 0.312. The molecule has 0 unspecified atom stereocenters. The van der Waals surface area contributed by atoms with Crippen molar-refractivity contribution in [1.29, 1.82) is 0 Å². The van der Waals surface area contributed by atoms with Gasteiger partial charge in [0, 0.05) is 19.5 Å². The van der Waals surface area contributed by atoms with E-state index in [9.17, 15) is 4.79 Å². The van der Waals surface area contributed by atoms with Crippen LogP contribution in [-0.2, 0) is 11.3 Å². The Hall–Kier alpha value is -2.03. The lowest BCUT2D eigenvalue weighted by Crippen LogP contribution is -2.30. The van der Waals surface area contributed by atoms with Crippen LogP contribution in [0.3, 0.4) is 0 Å². The van der Waals surface area contributed by atoms with Crippen molar-refractivity contribution in [3.63, 3.8) is 0 Å². The molecule has 0 saturated carbocycles. The van der Waals surface area contributed by atoms with Crippen molar-refractivity contribution < 1.29 is 9.53 Å². The smallest absolute Gasteiger partial charge is 0.223 e. The standard InChI is InChI=1S/C16H21NO2/c1-4-6-7-16(18)17(12-5-2)13-14-8-10-15(19-3)11-9-14/h4-5,8-11H,1-2,6-7,12-13H2,3H3. The molecule has 1 aromatic carbocycles. The van der Waals surface area contributed by atoms with Crippen LogP contribution in [0.1, 0.15) is 18.4 Å². The van der Waals surface area contributed by atoms with E-state index in [0.29, 0.717) is 25.9 Å². The summed E-state index contributed by atoms with van der Waals surface area (Å²) in [4.78, 5) is 13.8. The first-order valence-electron chi connectivity index (χ1n) is 6.33. The maximum atomic E-state index is 12.0. The van der Waals surface area contributed by atoms with E-state index in [-0.39, 0.29) is 5.91 Å². The lowest BCUT2D eigenvalue weighted by molar-refractivity contribution is -0.131. The van der Waals surface area contributed by atoms with Crippen molar-refractivity contribution in [3.8, 4) is 5.75 Å². The van der Waals surface area contributed by atoms with E-state index < -0.39 is 0 Å². The number of carbonyl (C=O) groups is 1. The Morgan fingerprint density at radius 2 is 1.95 bits per heavy atom. The Morgan fingerprint density at radius 3 is 2.47 bits per heavy atom. The molecule has 0 saturated heterocycles. The van der Waals surface area contributed by atoms with Gasteiger partial charge >= 0.3 is 0 Å². The molecule has 0 N–H and O–H groups in total. The molecule has 1 rings (SSSR count). The Bertz CT molecular complexity index is 423. The van der Waals surface area contributed by atoms with Gasteiger partial charge in [0.25, 0.3) is 0 Å². The third-order valence-corrected chi connectivity index (χ3v) is 2.80. The normalized spacial score (nSPS) is 9.74. The predicted octanol–water partition coefficient (Wildman–Crippen LogP) is 3.18. The quantitative estimate of drug-likeness (QED) is 0.671. The van der Waals surface area contributed by atoms with Crippen LogP contribution in [0.4, 0.5) is 0 Å². The third kappa shape index (κ3) is 5.00. The highest BCUT2D eigenvalue weighted by Gasteiger charge is 2.11. The van der Waals surface area contributed by atoms with Crippen molar-refractivity contribution in [2.24, 2.45) is 0 Å². The maximum Gasteiger partial charge on any atom is 0.223 e. The summed E-state index contributed by atoms with van der Waals surface area (Å²) in [5.41, 5.74) is 1.08. The third-order valence-electron chi connectivity index (χ3n) is 2.80. The van der Waals surface area contributed by atoms with Crippen LogP contribution in [0.5, 0.6) is 5.75 Å². The Kier molecular flexibility index (Phi) is 6.44. The molecule has 1 amide bonds. The number of hydrogen-bond acceptors (Lipinski definition) is 2. The summed E-state index contributed by atoms with van der Waals surface area (Å²) in [6.07, 6.45) is 4.70. The number of ether oxygens (including phenoxy) is 1. The zero-order valence-electron chi connectivity index (χ0n) is 11.5. The predicted molar refractivity (Wildman–Crippen MR) is 78.0 cm³/mol. The molecule has 0 aliphatic rings. The van der Waals surface area contributed by atoms with Crippen LogP contribution in [0.2, 0.25) is 0 Å². The molecule has 3 nitrogen and oxygen atoms in total. The molecule has 0 fully saturated rings. The second kappa shape index (κ2) is 8.14. The number of amides is 1. The highest BCUT2D eigenvalue weighted by molar-refractivity contribution is 5.76. The second-order valence-corrected chi connectivity index (χ2v) is 4.24. The number of nitrogens with zero attached hydrogens (tertiary/aromatic N) is 1. The molecule has 102 valence electrons. The molecule has 0 aromatic heterocycles. The number of hydrogen-bond donors (Lipinski definition) is 0. The highest BCUT2D eigenvalue weighted by Crippen LogP contribution is 2.13. The van der Waals surface area contributed by atoms with E-state index in [1.165, 1.54) is 0 Å². The lowest BCUT2D eigenvalue weighted by atomic mass is 10.2. The summed E-state index contributed by atoms with van der Waals surface area (Å²) in [6, 6.07) is 7.73. The van der Waals surface area contributed by atoms with E-state index in [0.717, 1.165) is 11.3 Å². The topological polar surface area (TPSA) is 29.5 Å². The van der Waals surface area contributed by atoms with E-state index in [1.54, 1.807) is 24.2 Å². The molecular formula is C16H21NO2. The Morgan fingerprint density at radius 1 is 1.26 bits per heavy atom. The first-order valence-corrected chi connectivity index (χ1v) is 6.33. The van der Waals surface area contributed by atoms with Gasteiger partial charge in [0.1, 0.15) is 5.75 Å². The van der Waals surface area contributed by atoms with Gasteiger partial charge in [-0.15, -0.1) is 13.2 Å². The minimum atomic E-state index is 0.121. The zero-order chi connectivity index (χ0) is 14.1. The van der Waals surface area contributed by atoms with Gasteiger partial charge in [-0.3, -0.25) is 4.79 Å². The van der Waals surface area contributed by atoms with E-state index in [4.69, 9.17) is 4.74 Å². The molecule has 0 heterocycles. The minimum Gasteiger partial charge on any atom is -0.497 e. The van der Waals surface area contributed by atoms with E-state index >= 15 is 0 Å². The second-order valence-electron chi connectivity index (χ2n) is 4.24. The van der Waals surface area contributed by atoms with Crippen molar-refractivity contribution in [2.45, 2.75) is 19.4 Å². The van der Waals surface area contributed by atoms with Crippen molar-refractivity contribution in [3.05, 3.63) is 55.1 Å². The highest BCUT2D eigenvalue weighted by atomic mass is 16.5. The average Bonchev–Trinajstić information content (AvgIpc) is 2.45. The van der Waals surface area contributed by atoms with Crippen LogP contribution >= 0.6 is 0 Å². The molecule has 1 aromatic rings. The summed E-state index contributed by atoms with van der Waals surface area (Å²) in [5.74, 6) is 0.938. The van der Waals surface area contributed by atoms with Crippen LogP contribution in [0, 0.1) is 0 Å². The summed E-state index contributed by atoms with van der Waals surface area (Å²) in [6.45, 7) is 8.48. The first kappa shape index (κ1) is 15.0. The van der Waals surface area contributed by atoms with Crippen LogP contribution in [0.25, 0.3) is 0 Å². The van der Waals surface area contributed by atoms with Crippen molar-refractivity contribution in [1.82, 2.24) is 4.90 Å². The molecule has 0 radical (unpaired) electrons. The van der Waals surface area contributed by atoms with Gasteiger partial charge in [0.15, 0.2) is 0 Å². The van der Waals surface area contributed by atoms with Gasteiger partial charge in [0.05, 0.1) is 7.11 Å². The molecule has 0 aliphatic heterocycles. The summed E-state index contributed by atoms with van der Waals surface area (Å²) in [5, 5.41) is 0. The number of methoxy groups -OCH3 is 1. The minimum absolute atomic E-state index is 0.121. The summed E-state index contributed by atoms with van der Waals surface area (Å²) in [7, 11) is 1.64. The van der Waals surface area contributed by atoms with Gasteiger partial charge in [-0.05, 0) is 24.1 Å². The first-order chi connectivity index (χ1) is 9.21. The number of carbonyl (C=O) groups excluding carboxylic acids is 1. The van der Waals surface area contributed by atoms with Crippen LogP contribution in [0.15, 0.2) is 49.6 Å². The fourth-order valence-electron chi connectivity index (χ4n) is 1.75. The van der Waals surface area contributed by atoms with Crippen molar-refractivity contribution >= 4 is 5.91 Å². The Labute approximate surface area is 115 Å². The Balaban J connectivity index is 2.67. The molecule has 0 aliphatic carbocycles. The van der Waals surface area contributed by atoms with Gasteiger partial charge in [-0.2, -0.15) is 0 Å². The maximum absolute atomic E-state index is 12.0. The van der Waals surface area contributed by atoms with Gasteiger partial charge in [-0.1, -0.05) is 24.3 Å². The molecule has 3 heteroatoms. The summed E-state index contributed by atoms with van der Waals surface area (Å²) < 4.78 is 5.11. The molecule has 0 bridgehead atoms. The summed E-state index contributed by atoms with van der Waals surface area (Å²) >= 11 is 0. The molecular weight excluding hydrogens is 238 g/mol. The van der Waals surface area contributed by atoms with Gasteiger partial charge in [0.2, 0.25) is 5.91 Å². The van der Waals surface area contributed by atoms with E-state index in [2.05, 4.69) is 13.2 Å². The molecule has 0 spiro atoms. The fourth-order valence-corrected chi connectivity index (χ4v) is 1.75. The number of benzene rings is 1. The lowest BCUT2D eigenvalue weighted by Gasteiger charge is -2.21. The monoisotopic (exact) mass is 259 g/mol. The van der Waals surface area contributed by atoms with E-state index in [1.807, 2.05) is 24.3 Å². The average molecular weight is 259 g/mol. The number of allylic oxidation sites excluding steroid dienone is 1. The van der Waals surface area contributed by atoms with Gasteiger partial charge < -0.3 is 9.64 Å². The number of rotatable bonds is 8.